The molecule has 20 heavy (non-hydrogen) atoms. The molecule has 0 unspecified atom stereocenters. The molecule has 112 valence electrons. The van der Waals surface area contributed by atoms with Crippen LogP contribution in [0, 0.1) is 5.82 Å². The van der Waals surface area contributed by atoms with E-state index in [9.17, 15) is 17.9 Å². The lowest BCUT2D eigenvalue weighted by Gasteiger charge is -2.36. The second-order valence-corrected chi connectivity index (χ2v) is 6.94. The van der Waals surface area contributed by atoms with Crippen molar-refractivity contribution in [3.8, 4) is 0 Å². The van der Waals surface area contributed by atoms with E-state index in [4.69, 9.17) is 5.73 Å². The van der Waals surface area contributed by atoms with Gasteiger partial charge in [-0.2, -0.15) is 0 Å². The van der Waals surface area contributed by atoms with Crippen LogP contribution in [-0.4, -0.2) is 25.7 Å². The minimum absolute atomic E-state index is 0.0113. The molecule has 7 heteroatoms. The van der Waals surface area contributed by atoms with Crippen LogP contribution in [0.5, 0.6) is 0 Å². The third-order valence-electron chi connectivity index (χ3n) is 3.73. The predicted octanol–water partition coefficient (Wildman–Crippen LogP) is 1.38. The highest BCUT2D eigenvalue weighted by Crippen LogP contribution is 2.30. The maximum absolute atomic E-state index is 13.2. The number of nitrogens with one attached hydrogen (secondary N) is 1. The van der Waals surface area contributed by atoms with Crippen molar-refractivity contribution in [1.82, 2.24) is 4.72 Å². The summed E-state index contributed by atoms with van der Waals surface area (Å²) >= 11 is 0. The fraction of sp³-hybridized carbons (Fsp3) is 0.538. The number of benzene rings is 1. The summed E-state index contributed by atoms with van der Waals surface area (Å²) in [6, 6.07) is 3.22. The number of aliphatic hydroxyl groups excluding tert-OH is 1. The second-order valence-electron chi connectivity index (χ2n) is 5.29. The van der Waals surface area contributed by atoms with Gasteiger partial charge in [0.15, 0.2) is 0 Å². The van der Waals surface area contributed by atoms with Crippen molar-refractivity contribution >= 4 is 15.7 Å². The van der Waals surface area contributed by atoms with Gasteiger partial charge in [-0.15, -0.1) is 0 Å². The number of sulfonamides is 1. The quantitative estimate of drug-likeness (QED) is 0.733. The van der Waals surface area contributed by atoms with Crippen LogP contribution in [0.15, 0.2) is 23.1 Å². The molecule has 0 spiro atoms. The molecule has 0 amide bonds. The van der Waals surface area contributed by atoms with Crippen LogP contribution in [0.25, 0.3) is 0 Å². The summed E-state index contributed by atoms with van der Waals surface area (Å²) in [4.78, 5) is -0.282. The second kappa shape index (κ2) is 5.67. The maximum Gasteiger partial charge on any atom is 0.243 e. The fourth-order valence-electron chi connectivity index (χ4n) is 2.60. The highest BCUT2D eigenvalue weighted by molar-refractivity contribution is 7.89. The largest absolute Gasteiger partial charge is 0.398 e. The van der Waals surface area contributed by atoms with Gasteiger partial charge in [0, 0.05) is 0 Å². The van der Waals surface area contributed by atoms with Crippen LogP contribution in [0.1, 0.15) is 32.1 Å². The van der Waals surface area contributed by atoms with Gasteiger partial charge in [0.25, 0.3) is 0 Å². The summed E-state index contributed by atoms with van der Waals surface area (Å²) < 4.78 is 40.5. The smallest absolute Gasteiger partial charge is 0.243 e. The van der Waals surface area contributed by atoms with E-state index in [-0.39, 0.29) is 17.2 Å². The molecule has 1 aromatic carbocycles. The van der Waals surface area contributed by atoms with Gasteiger partial charge in [-0.05, 0) is 31.0 Å². The summed E-state index contributed by atoms with van der Waals surface area (Å²) in [5, 5.41) is 9.54. The van der Waals surface area contributed by atoms with Gasteiger partial charge in [-0.1, -0.05) is 19.3 Å². The molecule has 0 aromatic heterocycles. The molecule has 0 atom stereocenters. The van der Waals surface area contributed by atoms with Crippen LogP contribution in [0.4, 0.5) is 10.1 Å². The van der Waals surface area contributed by atoms with Crippen molar-refractivity contribution < 1.29 is 17.9 Å². The first kappa shape index (κ1) is 15.2. The summed E-state index contributed by atoms with van der Waals surface area (Å²) in [6.45, 7) is -0.276. The molecule has 0 heterocycles. The number of anilines is 1. The minimum Gasteiger partial charge on any atom is -0.398 e. The third kappa shape index (κ3) is 3.11. The molecule has 0 saturated heterocycles. The first-order valence-electron chi connectivity index (χ1n) is 6.58. The van der Waals surface area contributed by atoms with E-state index < -0.39 is 21.4 Å². The van der Waals surface area contributed by atoms with Crippen molar-refractivity contribution in [3.63, 3.8) is 0 Å². The lowest BCUT2D eigenvalue weighted by atomic mass is 9.83. The number of hydrogen-bond acceptors (Lipinski definition) is 4. The Hall–Kier alpha value is -1.18. The molecule has 1 aliphatic rings. The molecule has 1 aromatic rings. The number of aliphatic hydroxyl groups is 1. The summed E-state index contributed by atoms with van der Waals surface area (Å²) in [6.07, 6.45) is 3.85. The Morgan fingerprint density at radius 3 is 2.55 bits per heavy atom. The molecule has 2 rings (SSSR count). The minimum atomic E-state index is -3.96. The summed E-state index contributed by atoms with van der Waals surface area (Å²) in [7, 11) is -3.96. The van der Waals surface area contributed by atoms with Gasteiger partial charge in [0.05, 0.1) is 17.8 Å². The lowest BCUT2D eigenvalue weighted by Crippen LogP contribution is -2.52. The highest BCUT2D eigenvalue weighted by Gasteiger charge is 2.36. The van der Waals surface area contributed by atoms with E-state index in [0.717, 1.165) is 31.4 Å². The Balaban J connectivity index is 2.32. The SMILES string of the molecule is Nc1ccc(F)cc1S(=O)(=O)NC1(CO)CCCCC1. The number of nitrogens with two attached hydrogens (primary N) is 1. The van der Waals surface area contributed by atoms with E-state index in [1.807, 2.05) is 0 Å². The predicted molar refractivity (Wildman–Crippen MR) is 74.0 cm³/mol. The van der Waals surface area contributed by atoms with E-state index in [1.54, 1.807) is 0 Å². The fourth-order valence-corrected chi connectivity index (χ4v) is 4.20. The average molecular weight is 302 g/mol. The molecule has 0 radical (unpaired) electrons. The Bertz CT molecular complexity index is 583. The molecule has 4 N–H and O–H groups in total. The normalized spacial score (nSPS) is 18.9. The van der Waals surface area contributed by atoms with Gasteiger partial charge < -0.3 is 10.8 Å². The van der Waals surface area contributed by atoms with Gasteiger partial charge in [0.1, 0.15) is 10.7 Å². The molecule has 1 fully saturated rings. The zero-order valence-electron chi connectivity index (χ0n) is 11.1. The van der Waals surface area contributed by atoms with Crippen molar-refractivity contribution in [2.24, 2.45) is 0 Å². The average Bonchev–Trinajstić information content (AvgIpc) is 2.42. The van der Waals surface area contributed by atoms with Gasteiger partial charge in [-0.3, -0.25) is 0 Å². The Morgan fingerprint density at radius 2 is 1.95 bits per heavy atom. The molecule has 0 aliphatic heterocycles. The first-order chi connectivity index (χ1) is 9.38. The van der Waals surface area contributed by atoms with E-state index in [2.05, 4.69) is 4.72 Å². The summed E-state index contributed by atoms with van der Waals surface area (Å²) in [5.74, 6) is -0.665. The summed E-state index contributed by atoms with van der Waals surface area (Å²) in [5.41, 5.74) is 4.74. The Labute approximate surface area is 118 Å². The number of rotatable bonds is 4. The van der Waals surface area contributed by atoms with Gasteiger partial charge >= 0.3 is 0 Å². The number of nitrogen functional groups attached to an aromatic ring is 1. The van der Waals surface area contributed by atoms with Gasteiger partial charge in [0.2, 0.25) is 10.0 Å². The number of halogens is 1. The topological polar surface area (TPSA) is 92.4 Å². The van der Waals surface area contributed by atoms with Crippen LogP contribution < -0.4 is 10.5 Å². The highest BCUT2D eigenvalue weighted by atomic mass is 32.2. The molecule has 0 bridgehead atoms. The third-order valence-corrected chi connectivity index (χ3v) is 5.36. The van der Waals surface area contributed by atoms with Crippen LogP contribution in [0.3, 0.4) is 0 Å². The van der Waals surface area contributed by atoms with Crippen molar-refractivity contribution in [1.29, 1.82) is 0 Å². The maximum atomic E-state index is 13.2. The number of hydrogen-bond donors (Lipinski definition) is 3. The lowest BCUT2D eigenvalue weighted by molar-refractivity contribution is 0.142. The van der Waals surface area contributed by atoms with E-state index in [1.165, 1.54) is 6.07 Å². The zero-order chi connectivity index (χ0) is 14.8. The Morgan fingerprint density at radius 1 is 1.30 bits per heavy atom. The molecule has 1 aliphatic carbocycles. The van der Waals surface area contributed by atoms with Crippen LogP contribution >= 0.6 is 0 Å². The standard InChI is InChI=1S/C13H19FN2O3S/c14-10-4-5-11(15)12(8-10)20(18,19)16-13(9-17)6-2-1-3-7-13/h4-5,8,16-17H,1-3,6-7,9,15H2. The van der Waals surface area contributed by atoms with Crippen molar-refractivity contribution in [2.45, 2.75) is 42.5 Å². The molecule has 5 nitrogen and oxygen atoms in total. The monoisotopic (exact) mass is 302 g/mol. The molecule has 1 saturated carbocycles. The van der Waals surface area contributed by atoms with Crippen LogP contribution in [-0.2, 0) is 10.0 Å². The molecular weight excluding hydrogens is 283 g/mol. The Kier molecular flexibility index (Phi) is 4.31. The molecular formula is C13H19FN2O3S. The van der Waals surface area contributed by atoms with Gasteiger partial charge in [-0.25, -0.2) is 17.5 Å². The first-order valence-corrected chi connectivity index (χ1v) is 8.07. The van der Waals surface area contributed by atoms with E-state index >= 15 is 0 Å². The van der Waals surface area contributed by atoms with Crippen LogP contribution in [0.2, 0.25) is 0 Å². The van der Waals surface area contributed by atoms with Crippen molar-refractivity contribution in [3.05, 3.63) is 24.0 Å². The zero-order valence-corrected chi connectivity index (χ0v) is 11.9. The van der Waals surface area contributed by atoms with E-state index in [0.29, 0.717) is 12.8 Å². The van der Waals surface area contributed by atoms with Crippen molar-refractivity contribution in [2.75, 3.05) is 12.3 Å².